The minimum atomic E-state index is -3.61. The molecule has 116 valence electrons. The number of carbonyl (C=O) groups excluding carboxylic acids is 2. The van der Waals surface area contributed by atoms with Crippen LogP contribution in [0.15, 0.2) is 29.2 Å². The largest absolute Gasteiger partial charge is 0.356 e. The summed E-state index contributed by atoms with van der Waals surface area (Å²) in [5, 5.41) is 2.64. The van der Waals surface area contributed by atoms with Gasteiger partial charge in [-0.2, -0.15) is 0 Å². The topological polar surface area (TPSA) is 92.3 Å². The molecule has 6 nitrogen and oxygen atoms in total. The smallest absolute Gasteiger partial charge is 0.240 e. The second kappa shape index (κ2) is 7.90. The third-order valence-electron chi connectivity index (χ3n) is 2.82. The number of Topliss-reactive ketones (excluding diaryl/α,β-unsaturated/α-hetero) is 1. The second-order valence-corrected chi connectivity index (χ2v) is 6.30. The number of carbonyl (C=O) groups is 2. The highest BCUT2D eigenvalue weighted by molar-refractivity contribution is 7.89. The third-order valence-corrected chi connectivity index (χ3v) is 4.29. The van der Waals surface area contributed by atoms with Crippen LogP contribution in [0, 0.1) is 0 Å². The Hall–Kier alpha value is -1.73. The molecule has 0 bridgehead atoms. The Morgan fingerprint density at radius 2 is 1.76 bits per heavy atom. The first-order chi connectivity index (χ1) is 9.86. The van der Waals surface area contributed by atoms with Gasteiger partial charge in [-0.05, 0) is 32.4 Å². The maximum Gasteiger partial charge on any atom is 0.240 e. The number of nitrogens with one attached hydrogen (secondary N) is 2. The van der Waals surface area contributed by atoms with E-state index in [2.05, 4.69) is 10.0 Å². The highest BCUT2D eigenvalue weighted by atomic mass is 32.2. The Bertz CT molecular complexity index is 594. The fraction of sp³-hybridized carbons (Fsp3) is 0.429. The van der Waals surface area contributed by atoms with Gasteiger partial charge in [-0.1, -0.05) is 12.1 Å². The van der Waals surface area contributed by atoms with E-state index in [1.54, 1.807) is 0 Å². The van der Waals surface area contributed by atoms with Crippen LogP contribution in [-0.4, -0.2) is 33.2 Å². The molecule has 0 radical (unpaired) electrons. The average molecular weight is 312 g/mol. The normalized spacial score (nSPS) is 11.1. The molecule has 1 amide bonds. The van der Waals surface area contributed by atoms with Gasteiger partial charge in [-0.3, -0.25) is 9.59 Å². The molecule has 0 aliphatic carbocycles. The first-order valence-electron chi connectivity index (χ1n) is 6.74. The molecule has 2 N–H and O–H groups in total. The van der Waals surface area contributed by atoms with Gasteiger partial charge in [0.2, 0.25) is 15.9 Å². The van der Waals surface area contributed by atoms with Crippen molar-refractivity contribution in [3.8, 4) is 0 Å². The van der Waals surface area contributed by atoms with E-state index in [-0.39, 0.29) is 29.6 Å². The van der Waals surface area contributed by atoms with E-state index in [9.17, 15) is 18.0 Å². The lowest BCUT2D eigenvalue weighted by atomic mass is 10.2. The van der Waals surface area contributed by atoms with Gasteiger partial charge in [0, 0.05) is 25.1 Å². The highest BCUT2D eigenvalue weighted by Gasteiger charge is 2.13. The Balaban J connectivity index is 2.53. The quantitative estimate of drug-likeness (QED) is 0.555. The van der Waals surface area contributed by atoms with Gasteiger partial charge in [-0.15, -0.1) is 0 Å². The van der Waals surface area contributed by atoms with Crippen LogP contribution in [0.25, 0.3) is 0 Å². The minimum Gasteiger partial charge on any atom is -0.356 e. The molecule has 0 fully saturated rings. The summed E-state index contributed by atoms with van der Waals surface area (Å²) in [6.45, 7) is 4.00. The number of sulfonamides is 1. The SMILES string of the molecule is CCNC(=O)CCCNS(=O)(=O)c1ccc(C(C)=O)cc1. The van der Waals surface area contributed by atoms with Crippen LogP contribution in [-0.2, 0) is 14.8 Å². The lowest BCUT2D eigenvalue weighted by molar-refractivity contribution is -0.121. The van der Waals surface area contributed by atoms with Crippen molar-refractivity contribution in [1.29, 1.82) is 0 Å². The van der Waals surface area contributed by atoms with Crippen LogP contribution in [0.5, 0.6) is 0 Å². The molecule has 1 aromatic rings. The molecule has 0 aliphatic heterocycles. The molecular weight excluding hydrogens is 292 g/mol. The van der Waals surface area contributed by atoms with E-state index in [4.69, 9.17) is 0 Å². The first kappa shape index (κ1) is 17.3. The van der Waals surface area contributed by atoms with Crippen molar-refractivity contribution in [2.24, 2.45) is 0 Å². The molecule has 0 heterocycles. The summed E-state index contributed by atoms with van der Waals surface area (Å²) >= 11 is 0. The van der Waals surface area contributed by atoms with Gasteiger partial charge < -0.3 is 5.32 Å². The fourth-order valence-electron chi connectivity index (χ4n) is 1.69. The number of hydrogen-bond acceptors (Lipinski definition) is 4. The highest BCUT2D eigenvalue weighted by Crippen LogP contribution is 2.11. The second-order valence-electron chi connectivity index (χ2n) is 4.54. The number of ketones is 1. The molecule has 7 heteroatoms. The number of amides is 1. The third kappa shape index (κ3) is 5.65. The molecule has 0 unspecified atom stereocenters. The van der Waals surface area contributed by atoms with Crippen LogP contribution < -0.4 is 10.0 Å². The molecular formula is C14H20N2O4S. The first-order valence-corrected chi connectivity index (χ1v) is 8.22. The van der Waals surface area contributed by atoms with Gasteiger partial charge in [-0.25, -0.2) is 13.1 Å². The average Bonchev–Trinajstić information content (AvgIpc) is 2.44. The zero-order valence-corrected chi connectivity index (χ0v) is 13.0. The van der Waals surface area contributed by atoms with Crippen molar-refractivity contribution in [3.05, 3.63) is 29.8 Å². The van der Waals surface area contributed by atoms with Crippen LogP contribution >= 0.6 is 0 Å². The Labute approximate surface area is 125 Å². The van der Waals surface area contributed by atoms with E-state index >= 15 is 0 Å². The van der Waals surface area contributed by atoms with Gasteiger partial charge >= 0.3 is 0 Å². The van der Waals surface area contributed by atoms with E-state index in [0.29, 0.717) is 18.5 Å². The van der Waals surface area contributed by atoms with E-state index < -0.39 is 10.0 Å². The van der Waals surface area contributed by atoms with Crippen LogP contribution in [0.2, 0.25) is 0 Å². The minimum absolute atomic E-state index is 0.0949. The molecule has 0 aliphatic rings. The lowest BCUT2D eigenvalue weighted by Gasteiger charge is -2.07. The molecule has 21 heavy (non-hydrogen) atoms. The van der Waals surface area contributed by atoms with E-state index in [1.165, 1.54) is 31.2 Å². The van der Waals surface area contributed by atoms with Crippen molar-refractivity contribution in [2.45, 2.75) is 31.6 Å². The predicted octanol–water partition coefficient (Wildman–Crippen LogP) is 1.08. The maximum absolute atomic E-state index is 12.0. The number of benzene rings is 1. The summed E-state index contributed by atoms with van der Waals surface area (Å²) in [7, 11) is -3.61. The monoisotopic (exact) mass is 312 g/mol. The van der Waals surface area contributed by atoms with Gasteiger partial charge in [0.15, 0.2) is 5.78 Å². The molecule has 1 aromatic carbocycles. The van der Waals surface area contributed by atoms with Gasteiger partial charge in [0.1, 0.15) is 0 Å². The van der Waals surface area contributed by atoms with Crippen LogP contribution in [0.4, 0.5) is 0 Å². The molecule has 0 spiro atoms. The van der Waals surface area contributed by atoms with Gasteiger partial charge in [0.05, 0.1) is 4.90 Å². The zero-order chi connectivity index (χ0) is 15.9. The van der Waals surface area contributed by atoms with E-state index in [1.807, 2.05) is 6.92 Å². The molecule has 1 rings (SSSR count). The number of rotatable bonds is 8. The van der Waals surface area contributed by atoms with Crippen LogP contribution in [0.1, 0.15) is 37.0 Å². The summed E-state index contributed by atoms with van der Waals surface area (Å²) in [5.74, 6) is -0.212. The van der Waals surface area contributed by atoms with Crippen molar-refractivity contribution >= 4 is 21.7 Å². The van der Waals surface area contributed by atoms with Crippen LogP contribution in [0.3, 0.4) is 0 Å². The molecule has 0 saturated heterocycles. The maximum atomic E-state index is 12.0. The zero-order valence-electron chi connectivity index (χ0n) is 12.2. The van der Waals surface area contributed by atoms with Crippen molar-refractivity contribution in [3.63, 3.8) is 0 Å². The van der Waals surface area contributed by atoms with Gasteiger partial charge in [0.25, 0.3) is 0 Å². The number of hydrogen-bond donors (Lipinski definition) is 2. The molecule has 0 aromatic heterocycles. The summed E-state index contributed by atoms with van der Waals surface area (Å²) < 4.78 is 26.4. The Morgan fingerprint density at radius 1 is 1.14 bits per heavy atom. The van der Waals surface area contributed by atoms with Crippen molar-refractivity contribution in [1.82, 2.24) is 10.0 Å². The van der Waals surface area contributed by atoms with E-state index in [0.717, 1.165) is 0 Å². The predicted molar refractivity (Wildman–Crippen MR) is 79.6 cm³/mol. The fourth-order valence-corrected chi connectivity index (χ4v) is 2.77. The Kier molecular flexibility index (Phi) is 6.51. The Morgan fingerprint density at radius 3 is 2.29 bits per heavy atom. The molecule has 0 atom stereocenters. The summed E-state index contributed by atoms with van der Waals surface area (Å²) in [6.07, 6.45) is 0.705. The lowest BCUT2D eigenvalue weighted by Crippen LogP contribution is -2.27. The summed E-state index contributed by atoms with van der Waals surface area (Å²) in [6, 6.07) is 5.74. The van der Waals surface area contributed by atoms with Crippen molar-refractivity contribution < 1.29 is 18.0 Å². The van der Waals surface area contributed by atoms with Crippen molar-refractivity contribution in [2.75, 3.05) is 13.1 Å². The standard InChI is InChI=1S/C14H20N2O4S/c1-3-15-14(18)5-4-10-16-21(19,20)13-8-6-12(7-9-13)11(2)17/h6-9,16H,3-5,10H2,1-2H3,(H,15,18). The summed E-state index contributed by atoms with van der Waals surface area (Å²) in [5.41, 5.74) is 0.463. The summed E-state index contributed by atoms with van der Waals surface area (Å²) in [4.78, 5) is 22.5. The molecule has 0 saturated carbocycles.